The van der Waals surface area contributed by atoms with Crippen LogP contribution in [-0.4, -0.2) is 44.2 Å². The van der Waals surface area contributed by atoms with Crippen LogP contribution in [0.25, 0.3) is 0 Å². The van der Waals surface area contributed by atoms with E-state index in [4.69, 9.17) is 14.2 Å². The SMILES string of the molecule is COC(=O)C(CC(=O)OCc1ccccc1)NC(CC(C)C)C(=O)OC. The van der Waals surface area contributed by atoms with Crippen molar-refractivity contribution in [1.29, 1.82) is 0 Å². The van der Waals surface area contributed by atoms with E-state index in [9.17, 15) is 14.4 Å². The fourth-order valence-electron chi connectivity index (χ4n) is 2.41. The number of nitrogens with one attached hydrogen (secondary N) is 1. The topological polar surface area (TPSA) is 90.9 Å². The number of esters is 3. The van der Waals surface area contributed by atoms with Crippen LogP contribution in [-0.2, 0) is 35.2 Å². The highest BCUT2D eigenvalue weighted by Crippen LogP contribution is 2.10. The average molecular weight is 365 g/mol. The van der Waals surface area contributed by atoms with Gasteiger partial charge in [-0.05, 0) is 17.9 Å². The van der Waals surface area contributed by atoms with Gasteiger partial charge in [-0.1, -0.05) is 44.2 Å². The van der Waals surface area contributed by atoms with Crippen LogP contribution in [0.4, 0.5) is 0 Å². The lowest BCUT2D eigenvalue weighted by atomic mass is 10.0. The molecule has 0 spiro atoms. The smallest absolute Gasteiger partial charge is 0.323 e. The Morgan fingerprint density at radius 3 is 2.08 bits per heavy atom. The standard InChI is InChI=1S/C19H27NO6/c1-13(2)10-15(18(22)24-3)20-16(19(23)25-4)11-17(21)26-12-14-8-6-5-7-9-14/h5-9,13,15-16,20H,10-12H2,1-4H3. The Labute approximate surface area is 154 Å². The number of rotatable bonds is 10. The van der Waals surface area contributed by atoms with Crippen LogP contribution < -0.4 is 5.32 Å². The molecule has 0 radical (unpaired) electrons. The minimum Gasteiger partial charge on any atom is -0.468 e. The minimum absolute atomic E-state index is 0.111. The maximum Gasteiger partial charge on any atom is 0.323 e. The van der Waals surface area contributed by atoms with Crippen molar-refractivity contribution in [1.82, 2.24) is 5.32 Å². The molecule has 0 saturated carbocycles. The molecule has 1 aromatic carbocycles. The van der Waals surface area contributed by atoms with Gasteiger partial charge in [-0.25, -0.2) is 0 Å². The minimum atomic E-state index is -0.994. The summed E-state index contributed by atoms with van der Waals surface area (Å²) in [6, 6.07) is 7.50. The van der Waals surface area contributed by atoms with E-state index >= 15 is 0 Å². The first-order valence-electron chi connectivity index (χ1n) is 8.48. The lowest BCUT2D eigenvalue weighted by Crippen LogP contribution is -2.49. The molecule has 7 nitrogen and oxygen atoms in total. The first kappa shape index (κ1) is 21.6. The van der Waals surface area contributed by atoms with Gasteiger partial charge in [0, 0.05) is 0 Å². The normalized spacial score (nSPS) is 13.0. The molecule has 0 aliphatic rings. The molecule has 0 amide bonds. The van der Waals surface area contributed by atoms with Crippen LogP contribution in [0.15, 0.2) is 30.3 Å². The predicted octanol–water partition coefficient (Wildman–Crippen LogP) is 1.84. The fourth-order valence-corrected chi connectivity index (χ4v) is 2.41. The Morgan fingerprint density at radius 1 is 0.962 bits per heavy atom. The lowest BCUT2D eigenvalue weighted by molar-refractivity contribution is -0.153. The second-order valence-electron chi connectivity index (χ2n) is 6.30. The molecule has 0 aromatic heterocycles. The second kappa shape index (κ2) is 11.3. The molecule has 26 heavy (non-hydrogen) atoms. The highest BCUT2D eigenvalue weighted by Gasteiger charge is 2.30. The Bertz CT molecular complexity index is 587. The zero-order valence-corrected chi connectivity index (χ0v) is 15.7. The predicted molar refractivity (Wildman–Crippen MR) is 95.1 cm³/mol. The summed E-state index contributed by atoms with van der Waals surface area (Å²) in [5.74, 6) is -1.51. The molecule has 0 saturated heterocycles. The number of hydrogen-bond donors (Lipinski definition) is 1. The molecular weight excluding hydrogens is 338 g/mol. The highest BCUT2D eigenvalue weighted by molar-refractivity contribution is 5.84. The molecule has 1 rings (SSSR count). The van der Waals surface area contributed by atoms with Gasteiger partial charge in [0.15, 0.2) is 0 Å². The number of carbonyl (C=O) groups is 3. The van der Waals surface area contributed by atoms with Gasteiger partial charge in [-0.15, -0.1) is 0 Å². The summed E-state index contributed by atoms with van der Waals surface area (Å²) in [6.07, 6.45) is 0.213. The van der Waals surface area contributed by atoms with E-state index < -0.39 is 30.0 Å². The number of hydrogen-bond acceptors (Lipinski definition) is 7. The Balaban J connectivity index is 2.70. The summed E-state index contributed by atoms with van der Waals surface area (Å²) in [7, 11) is 2.50. The zero-order chi connectivity index (χ0) is 19.5. The van der Waals surface area contributed by atoms with Crippen molar-refractivity contribution >= 4 is 17.9 Å². The van der Waals surface area contributed by atoms with Gasteiger partial charge in [0.05, 0.1) is 20.6 Å². The fraction of sp³-hybridized carbons (Fsp3) is 0.526. The molecule has 7 heteroatoms. The summed E-state index contributed by atoms with van der Waals surface area (Å²) in [4.78, 5) is 36.1. The average Bonchev–Trinajstić information content (AvgIpc) is 2.64. The lowest BCUT2D eigenvalue weighted by Gasteiger charge is -2.23. The number of carbonyl (C=O) groups excluding carboxylic acids is 3. The molecular formula is C19H27NO6. The third-order valence-electron chi connectivity index (χ3n) is 3.69. The summed E-state index contributed by atoms with van der Waals surface area (Å²) in [5, 5.41) is 2.87. The molecule has 1 aromatic rings. The van der Waals surface area contributed by atoms with Crippen molar-refractivity contribution in [3.05, 3.63) is 35.9 Å². The molecule has 144 valence electrons. The van der Waals surface area contributed by atoms with E-state index in [1.54, 1.807) is 0 Å². The quantitative estimate of drug-likeness (QED) is 0.500. The summed E-state index contributed by atoms with van der Waals surface area (Å²) in [6.45, 7) is 4.00. The van der Waals surface area contributed by atoms with Gasteiger partial charge in [-0.2, -0.15) is 0 Å². The van der Waals surface area contributed by atoms with E-state index in [2.05, 4.69) is 5.32 Å². The van der Waals surface area contributed by atoms with Crippen LogP contribution in [0.5, 0.6) is 0 Å². The van der Waals surface area contributed by atoms with Gasteiger partial charge in [0.1, 0.15) is 18.7 Å². The van der Waals surface area contributed by atoms with E-state index in [-0.39, 0.29) is 18.9 Å². The first-order valence-corrected chi connectivity index (χ1v) is 8.48. The number of ether oxygens (including phenoxy) is 3. The van der Waals surface area contributed by atoms with Crippen LogP contribution in [0.3, 0.4) is 0 Å². The summed E-state index contributed by atoms with van der Waals surface area (Å²) >= 11 is 0. The van der Waals surface area contributed by atoms with Crippen LogP contribution in [0.2, 0.25) is 0 Å². The van der Waals surface area contributed by atoms with E-state index in [0.29, 0.717) is 6.42 Å². The highest BCUT2D eigenvalue weighted by atomic mass is 16.5. The van der Waals surface area contributed by atoms with E-state index in [0.717, 1.165) is 5.56 Å². The maximum atomic E-state index is 12.1. The Morgan fingerprint density at radius 2 is 1.54 bits per heavy atom. The summed E-state index contributed by atoms with van der Waals surface area (Å²) in [5.41, 5.74) is 0.843. The molecule has 2 atom stereocenters. The van der Waals surface area contributed by atoms with Crippen molar-refractivity contribution in [3.63, 3.8) is 0 Å². The van der Waals surface area contributed by atoms with Crippen molar-refractivity contribution in [3.8, 4) is 0 Å². The molecule has 0 aliphatic heterocycles. The number of methoxy groups -OCH3 is 2. The van der Waals surface area contributed by atoms with Gasteiger partial charge in [0.2, 0.25) is 0 Å². The molecule has 1 N–H and O–H groups in total. The van der Waals surface area contributed by atoms with Crippen molar-refractivity contribution in [2.75, 3.05) is 14.2 Å². The largest absolute Gasteiger partial charge is 0.468 e. The van der Waals surface area contributed by atoms with Crippen molar-refractivity contribution in [2.24, 2.45) is 5.92 Å². The van der Waals surface area contributed by atoms with Gasteiger partial charge < -0.3 is 14.2 Å². The monoisotopic (exact) mass is 365 g/mol. The zero-order valence-electron chi connectivity index (χ0n) is 15.7. The van der Waals surface area contributed by atoms with Crippen molar-refractivity contribution < 1.29 is 28.6 Å². The third-order valence-corrected chi connectivity index (χ3v) is 3.69. The van der Waals surface area contributed by atoms with E-state index in [1.807, 2.05) is 44.2 Å². The second-order valence-corrected chi connectivity index (χ2v) is 6.30. The maximum absolute atomic E-state index is 12.1. The molecule has 0 fully saturated rings. The van der Waals surface area contributed by atoms with Crippen LogP contribution >= 0.6 is 0 Å². The van der Waals surface area contributed by atoms with Gasteiger partial charge >= 0.3 is 17.9 Å². The van der Waals surface area contributed by atoms with Crippen molar-refractivity contribution in [2.45, 2.75) is 45.4 Å². The first-order chi connectivity index (χ1) is 12.4. The third kappa shape index (κ3) is 7.65. The van der Waals surface area contributed by atoms with Crippen LogP contribution in [0.1, 0.15) is 32.3 Å². The molecule has 0 bridgehead atoms. The summed E-state index contributed by atoms with van der Waals surface area (Å²) < 4.78 is 14.7. The van der Waals surface area contributed by atoms with Crippen LogP contribution in [0, 0.1) is 5.92 Å². The number of benzene rings is 1. The van der Waals surface area contributed by atoms with Gasteiger partial charge in [-0.3, -0.25) is 19.7 Å². The molecule has 0 heterocycles. The molecule has 0 aliphatic carbocycles. The molecule has 2 unspecified atom stereocenters. The Kier molecular flexibility index (Phi) is 9.36. The Hall–Kier alpha value is -2.41. The van der Waals surface area contributed by atoms with Gasteiger partial charge in [0.25, 0.3) is 0 Å². The van der Waals surface area contributed by atoms with E-state index in [1.165, 1.54) is 14.2 Å².